The summed E-state index contributed by atoms with van der Waals surface area (Å²) in [6, 6.07) is 12.3. The maximum atomic E-state index is 13.3. The summed E-state index contributed by atoms with van der Waals surface area (Å²) in [5, 5.41) is 13.1. The lowest BCUT2D eigenvalue weighted by atomic mass is 10.2. The number of aromatic nitrogens is 2. The molecule has 0 aliphatic heterocycles. The number of nitrogens with zero attached hydrogens (tertiary/aromatic N) is 2. The van der Waals surface area contributed by atoms with Gasteiger partial charge >= 0.3 is 6.18 Å². The third-order valence-corrected chi connectivity index (χ3v) is 7.47. The van der Waals surface area contributed by atoms with Crippen molar-refractivity contribution in [2.24, 2.45) is 7.05 Å². The van der Waals surface area contributed by atoms with E-state index in [0.717, 1.165) is 17.8 Å². The highest BCUT2D eigenvalue weighted by atomic mass is 35.5. The second-order valence-corrected chi connectivity index (χ2v) is 10.4. The topological polar surface area (TPSA) is 105 Å². The molecule has 0 fully saturated rings. The van der Waals surface area contributed by atoms with Crippen molar-refractivity contribution in [1.82, 2.24) is 20.3 Å². The number of para-hydroxylation sites is 1. The summed E-state index contributed by atoms with van der Waals surface area (Å²) < 4.78 is 47.2. The Morgan fingerprint density at radius 3 is 2.55 bits per heavy atom. The summed E-state index contributed by atoms with van der Waals surface area (Å²) in [6.07, 6.45) is -3.28. The number of rotatable bonds is 9. The van der Waals surface area contributed by atoms with E-state index in [1.165, 1.54) is 29.4 Å². The maximum absolute atomic E-state index is 13.3. The number of hydrogen-bond donors (Lipinski definition) is 3. The van der Waals surface area contributed by atoms with E-state index in [2.05, 4.69) is 10.3 Å². The van der Waals surface area contributed by atoms with Gasteiger partial charge in [0.2, 0.25) is 0 Å². The Morgan fingerprint density at radius 1 is 1.10 bits per heavy atom. The summed E-state index contributed by atoms with van der Waals surface area (Å²) in [5.41, 5.74) is 1.26. The number of carbonyl (C=O) groups is 2. The summed E-state index contributed by atoms with van der Waals surface area (Å²) in [6.45, 7) is 0.0137. The standard InChI is InChI=1S/C26H21Cl2F3N4O4S/c1-35-12-16(24(36)34-38)23(39-13-14-6-7-17(27)18(28)10-14)22(35)25(37)32-8-9-40-20-11-21(26(29,30)31)33-19-5-3-2-4-15(19)20/h2-7,10-12,38H,8-9,13H2,1H3,(H,32,37)(H,34,36). The normalized spacial score (nSPS) is 11.5. The molecule has 0 saturated carbocycles. The van der Waals surface area contributed by atoms with Crippen molar-refractivity contribution < 1.29 is 32.7 Å². The lowest BCUT2D eigenvalue weighted by molar-refractivity contribution is -0.141. The molecular formula is C26H21Cl2F3N4O4S. The quantitative estimate of drug-likeness (QED) is 0.0910. The molecule has 0 atom stereocenters. The Bertz CT molecular complexity index is 1580. The molecule has 0 aliphatic rings. The number of ether oxygens (including phenoxy) is 1. The summed E-state index contributed by atoms with van der Waals surface area (Å²) in [7, 11) is 1.52. The van der Waals surface area contributed by atoms with Crippen LogP contribution in [0, 0.1) is 0 Å². The van der Waals surface area contributed by atoms with E-state index in [9.17, 15) is 22.8 Å². The first kappa shape index (κ1) is 29.5. The number of hydrogen-bond acceptors (Lipinski definition) is 6. The number of fused-ring (bicyclic) bond motifs is 1. The Kier molecular flexibility index (Phi) is 9.14. The van der Waals surface area contributed by atoms with Crippen molar-refractivity contribution in [3.8, 4) is 5.75 Å². The van der Waals surface area contributed by atoms with Crippen LogP contribution in [0.2, 0.25) is 10.0 Å². The molecule has 0 spiro atoms. The van der Waals surface area contributed by atoms with Crippen molar-refractivity contribution in [3.63, 3.8) is 0 Å². The van der Waals surface area contributed by atoms with Gasteiger partial charge in [-0.2, -0.15) is 13.2 Å². The van der Waals surface area contributed by atoms with Crippen LogP contribution in [-0.4, -0.2) is 38.9 Å². The van der Waals surface area contributed by atoms with E-state index < -0.39 is 23.7 Å². The van der Waals surface area contributed by atoms with Gasteiger partial charge in [-0.05, 0) is 29.8 Å². The first-order chi connectivity index (χ1) is 19.0. The Balaban J connectivity index is 1.49. The first-order valence-corrected chi connectivity index (χ1v) is 13.3. The van der Waals surface area contributed by atoms with Crippen LogP contribution in [0.1, 0.15) is 32.1 Å². The molecule has 2 amide bonds. The number of thioether (sulfide) groups is 1. The number of pyridine rings is 1. The molecule has 4 aromatic rings. The molecule has 14 heteroatoms. The molecule has 40 heavy (non-hydrogen) atoms. The number of alkyl halides is 3. The van der Waals surface area contributed by atoms with Crippen LogP contribution in [0.25, 0.3) is 10.9 Å². The third-order valence-electron chi connectivity index (χ3n) is 5.68. The average Bonchev–Trinajstić information content (AvgIpc) is 3.26. The maximum Gasteiger partial charge on any atom is 0.433 e. The Morgan fingerprint density at radius 2 is 1.85 bits per heavy atom. The van der Waals surface area contributed by atoms with Gasteiger partial charge in [0, 0.05) is 35.8 Å². The zero-order chi connectivity index (χ0) is 29.0. The van der Waals surface area contributed by atoms with Crippen LogP contribution in [0.15, 0.2) is 59.6 Å². The minimum absolute atomic E-state index is 0.00243. The number of amides is 2. The van der Waals surface area contributed by atoms with Gasteiger partial charge in [-0.15, -0.1) is 11.8 Å². The van der Waals surface area contributed by atoms with Crippen molar-refractivity contribution in [3.05, 3.63) is 87.3 Å². The smallest absolute Gasteiger partial charge is 0.433 e. The van der Waals surface area contributed by atoms with Gasteiger partial charge in [-0.3, -0.25) is 14.8 Å². The molecule has 0 aliphatic carbocycles. The molecule has 210 valence electrons. The summed E-state index contributed by atoms with van der Waals surface area (Å²) in [5.74, 6) is -1.33. The number of nitrogens with one attached hydrogen (secondary N) is 2. The molecule has 2 aromatic heterocycles. The van der Waals surface area contributed by atoms with Crippen molar-refractivity contribution in [2.45, 2.75) is 17.7 Å². The lowest BCUT2D eigenvalue weighted by Gasteiger charge is -2.13. The van der Waals surface area contributed by atoms with E-state index in [1.54, 1.807) is 36.4 Å². The predicted octanol–water partition coefficient (Wildman–Crippen LogP) is 6.12. The van der Waals surface area contributed by atoms with Crippen LogP contribution in [0.5, 0.6) is 5.75 Å². The lowest BCUT2D eigenvalue weighted by Crippen LogP contribution is -2.28. The molecule has 2 aromatic carbocycles. The van der Waals surface area contributed by atoms with Gasteiger partial charge in [0.25, 0.3) is 11.8 Å². The third kappa shape index (κ3) is 6.64. The average molecular weight is 613 g/mol. The summed E-state index contributed by atoms with van der Waals surface area (Å²) >= 11 is 13.1. The molecule has 0 bridgehead atoms. The fraction of sp³-hybridized carbons (Fsp3) is 0.192. The monoisotopic (exact) mass is 612 g/mol. The molecule has 0 unspecified atom stereocenters. The van der Waals surface area contributed by atoms with Crippen molar-refractivity contribution in [1.29, 1.82) is 0 Å². The van der Waals surface area contributed by atoms with Gasteiger partial charge in [-0.1, -0.05) is 47.5 Å². The minimum Gasteiger partial charge on any atom is -0.486 e. The number of halogens is 5. The number of hydroxylamine groups is 1. The summed E-state index contributed by atoms with van der Waals surface area (Å²) in [4.78, 5) is 29.4. The van der Waals surface area contributed by atoms with Crippen LogP contribution in [0.3, 0.4) is 0 Å². The van der Waals surface area contributed by atoms with Crippen molar-refractivity contribution in [2.75, 3.05) is 12.3 Å². The van der Waals surface area contributed by atoms with Crippen LogP contribution < -0.4 is 15.5 Å². The fourth-order valence-corrected chi connectivity index (χ4v) is 5.11. The van der Waals surface area contributed by atoms with E-state index in [0.29, 0.717) is 25.9 Å². The molecule has 4 rings (SSSR count). The molecule has 3 N–H and O–H groups in total. The molecular weight excluding hydrogens is 592 g/mol. The Labute approximate surface area is 240 Å². The van der Waals surface area contributed by atoms with Gasteiger partial charge in [0.15, 0.2) is 5.75 Å². The van der Waals surface area contributed by atoms with E-state index in [-0.39, 0.29) is 41.4 Å². The molecule has 8 nitrogen and oxygen atoms in total. The van der Waals surface area contributed by atoms with E-state index >= 15 is 0 Å². The van der Waals surface area contributed by atoms with Crippen LogP contribution in [-0.2, 0) is 19.8 Å². The highest BCUT2D eigenvalue weighted by Gasteiger charge is 2.33. The largest absolute Gasteiger partial charge is 0.486 e. The SMILES string of the molecule is Cn1cc(C(=O)NO)c(OCc2ccc(Cl)c(Cl)c2)c1C(=O)NCCSc1cc(C(F)(F)F)nc2ccccc12. The first-order valence-electron chi connectivity index (χ1n) is 11.6. The fourth-order valence-electron chi connectivity index (χ4n) is 3.84. The number of aryl methyl sites for hydroxylation is 1. The van der Waals surface area contributed by atoms with Crippen LogP contribution in [0.4, 0.5) is 13.2 Å². The molecule has 0 radical (unpaired) electrons. The van der Waals surface area contributed by atoms with E-state index in [1.807, 2.05) is 0 Å². The van der Waals surface area contributed by atoms with Gasteiger partial charge in [0.05, 0.1) is 15.6 Å². The zero-order valence-corrected chi connectivity index (χ0v) is 23.0. The van der Waals surface area contributed by atoms with Crippen molar-refractivity contribution >= 4 is 57.7 Å². The molecule has 2 heterocycles. The number of benzene rings is 2. The number of carbonyl (C=O) groups excluding carboxylic acids is 2. The Hall–Kier alpha value is -3.45. The zero-order valence-electron chi connectivity index (χ0n) is 20.7. The highest BCUT2D eigenvalue weighted by molar-refractivity contribution is 7.99. The molecule has 0 saturated heterocycles. The minimum atomic E-state index is -4.60. The van der Waals surface area contributed by atoms with E-state index in [4.69, 9.17) is 33.1 Å². The van der Waals surface area contributed by atoms with Gasteiger partial charge in [-0.25, -0.2) is 10.5 Å². The second kappa shape index (κ2) is 12.4. The highest BCUT2D eigenvalue weighted by Crippen LogP contribution is 2.35. The van der Waals surface area contributed by atoms with Crippen LogP contribution >= 0.6 is 35.0 Å². The van der Waals surface area contributed by atoms with Gasteiger partial charge in [0.1, 0.15) is 23.6 Å². The van der Waals surface area contributed by atoms with Gasteiger partial charge < -0.3 is 14.6 Å². The predicted molar refractivity (Wildman–Crippen MR) is 145 cm³/mol. The second-order valence-electron chi connectivity index (χ2n) is 8.43.